The second-order valence-corrected chi connectivity index (χ2v) is 6.12. The van der Waals surface area contributed by atoms with Crippen LogP contribution in [0.2, 0.25) is 5.02 Å². The number of benzene rings is 1. The van der Waals surface area contributed by atoms with Crippen molar-refractivity contribution in [2.75, 3.05) is 32.7 Å². The summed E-state index contributed by atoms with van der Waals surface area (Å²) >= 11 is 6.18. The van der Waals surface area contributed by atoms with Gasteiger partial charge in [0.25, 0.3) is 0 Å². The van der Waals surface area contributed by atoms with Gasteiger partial charge in [-0.2, -0.15) is 0 Å². The zero-order valence-electron chi connectivity index (χ0n) is 12.9. The quantitative estimate of drug-likeness (QED) is 0.849. The Labute approximate surface area is 131 Å². The van der Waals surface area contributed by atoms with Gasteiger partial charge in [0.2, 0.25) is 0 Å². The van der Waals surface area contributed by atoms with Crippen molar-refractivity contribution in [3.63, 3.8) is 0 Å². The molecule has 0 spiro atoms. The second-order valence-electron chi connectivity index (χ2n) is 5.71. The second kappa shape index (κ2) is 7.25. The summed E-state index contributed by atoms with van der Waals surface area (Å²) in [5.41, 5.74) is 1.50. The van der Waals surface area contributed by atoms with Gasteiger partial charge >= 0.3 is 0 Å². The molecule has 0 saturated carbocycles. The highest BCUT2D eigenvalue weighted by molar-refractivity contribution is 6.31. The van der Waals surface area contributed by atoms with E-state index in [-0.39, 0.29) is 11.9 Å². The van der Waals surface area contributed by atoms with Gasteiger partial charge in [0.15, 0.2) is 5.78 Å². The van der Waals surface area contributed by atoms with Crippen LogP contribution in [0.3, 0.4) is 0 Å². The molecule has 1 N–H and O–H groups in total. The Morgan fingerprint density at radius 1 is 1.38 bits per heavy atom. The van der Waals surface area contributed by atoms with E-state index in [2.05, 4.69) is 10.2 Å². The first kappa shape index (κ1) is 16.3. The first-order chi connectivity index (χ1) is 9.97. The van der Waals surface area contributed by atoms with E-state index in [1.54, 1.807) is 6.07 Å². The number of ketones is 1. The molecule has 1 aliphatic rings. The molecule has 1 aromatic carbocycles. The normalized spacial score (nSPS) is 16.2. The van der Waals surface area contributed by atoms with Gasteiger partial charge in [0.05, 0.1) is 18.2 Å². The monoisotopic (exact) mass is 310 g/mol. The lowest BCUT2D eigenvalue weighted by Crippen LogP contribution is -2.45. The lowest BCUT2D eigenvalue weighted by Gasteiger charge is -2.26. The molecule has 0 atom stereocenters. The summed E-state index contributed by atoms with van der Waals surface area (Å²) in [6.45, 7) is 9.88. The maximum atomic E-state index is 12.6. The zero-order valence-corrected chi connectivity index (χ0v) is 13.7. The van der Waals surface area contributed by atoms with E-state index in [4.69, 9.17) is 16.3 Å². The van der Waals surface area contributed by atoms with Gasteiger partial charge in [-0.05, 0) is 38.5 Å². The number of nitrogens with one attached hydrogen (secondary N) is 1. The Morgan fingerprint density at radius 3 is 2.67 bits per heavy atom. The fraction of sp³-hybridized carbons (Fsp3) is 0.562. The summed E-state index contributed by atoms with van der Waals surface area (Å²) in [7, 11) is 0. The van der Waals surface area contributed by atoms with E-state index in [1.165, 1.54) is 0 Å². The van der Waals surface area contributed by atoms with Crippen LogP contribution in [-0.2, 0) is 0 Å². The van der Waals surface area contributed by atoms with E-state index in [9.17, 15) is 4.79 Å². The van der Waals surface area contributed by atoms with Crippen LogP contribution in [0.25, 0.3) is 0 Å². The number of aryl methyl sites for hydroxylation is 1. The van der Waals surface area contributed by atoms with E-state index in [0.29, 0.717) is 22.9 Å². The predicted molar refractivity (Wildman–Crippen MR) is 85.6 cm³/mol. The highest BCUT2D eigenvalue weighted by atomic mass is 35.5. The van der Waals surface area contributed by atoms with E-state index in [1.807, 2.05) is 26.8 Å². The summed E-state index contributed by atoms with van der Waals surface area (Å²) < 4.78 is 5.78. The van der Waals surface area contributed by atoms with Crippen LogP contribution in [0, 0.1) is 6.92 Å². The number of hydrogen-bond acceptors (Lipinski definition) is 4. The molecule has 0 aromatic heterocycles. The smallest absolute Gasteiger partial charge is 0.180 e. The standard InChI is InChI=1S/C16H23ClN2O2/c1-11(2)21-16-8-12(3)14(17)9-13(16)15(20)10-19-6-4-18-5-7-19/h8-9,11,18H,4-7,10H2,1-3H3. The first-order valence-corrected chi connectivity index (χ1v) is 7.78. The molecule has 21 heavy (non-hydrogen) atoms. The summed E-state index contributed by atoms with van der Waals surface area (Å²) in [4.78, 5) is 14.7. The molecule has 0 amide bonds. The lowest BCUT2D eigenvalue weighted by molar-refractivity contribution is 0.0916. The highest BCUT2D eigenvalue weighted by Gasteiger charge is 2.20. The minimum absolute atomic E-state index is 0.0244. The van der Waals surface area contributed by atoms with Crippen LogP contribution >= 0.6 is 11.6 Å². The lowest BCUT2D eigenvalue weighted by atomic mass is 10.1. The molecule has 1 aromatic rings. The van der Waals surface area contributed by atoms with Crippen molar-refractivity contribution in [1.29, 1.82) is 0 Å². The molecule has 0 bridgehead atoms. The van der Waals surface area contributed by atoms with Crippen LogP contribution in [0.4, 0.5) is 0 Å². The molecule has 1 saturated heterocycles. The van der Waals surface area contributed by atoms with Crippen molar-refractivity contribution >= 4 is 17.4 Å². The van der Waals surface area contributed by atoms with E-state index >= 15 is 0 Å². The number of carbonyl (C=O) groups is 1. The van der Waals surface area contributed by atoms with Crippen LogP contribution < -0.4 is 10.1 Å². The van der Waals surface area contributed by atoms with Crippen molar-refractivity contribution in [2.24, 2.45) is 0 Å². The number of rotatable bonds is 5. The van der Waals surface area contributed by atoms with Crippen molar-refractivity contribution < 1.29 is 9.53 Å². The van der Waals surface area contributed by atoms with Gasteiger partial charge in [0, 0.05) is 31.2 Å². The topological polar surface area (TPSA) is 41.6 Å². The molecule has 5 heteroatoms. The van der Waals surface area contributed by atoms with E-state index in [0.717, 1.165) is 31.7 Å². The Hall–Kier alpha value is -1.10. The molecule has 0 unspecified atom stereocenters. The van der Waals surface area contributed by atoms with Gasteiger partial charge < -0.3 is 10.1 Å². The first-order valence-electron chi connectivity index (χ1n) is 7.40. The average Bonchev–Trinajstić information content (AvgIpc) is 2.43. The summed E-state index contributed by atoms with van der Waals surface area (Å²) in [6, 6.07) is 3.59. The van der Waals surface area contributed by atoms with E-state index < -0.39 is 0 Å². The molecular formula is C16H23ClN2O2. The Kier molecular flexibility index (Phi) is 5.62. The minimum Gasteiger partial charge on any atom is -0.490 e. The molecule has 2 rings (SSSR count). The largest absolute Gasteiger partial charge is 0.490 e. The molecular weight excluding hydrogens is 288 g/mol. The third kappa shape index (κ3) is 4.43. The van der Waals surface area contributed by atoms with Crippen LogP contribution in [0.5, 0.6) is 5.75 Å². The van der Waals surface area contributed by atoms with Gasteiger partial charge in [-0.25, -0.2) is 0 Å². The Balaban J connectivity index is 2.19. The molecule has 1 heterocycles. The molecule has 4 nitrogen and oxygen atoms in total. The number of carbonyl (C=O) groups excluding carboxylic acids is 1. The summed E-state index contributed by atoms with van der Waals surface area (Å²) in [6.07, 6.45) is 0.0244. The highest BCUT2D eigenvalue weighted by Crippen LogP contribution is 2.28. The third-order valence-electron chi connectivity index (χ3n) is 3.50. The fourth-order valence-electron chi connectivity index (χ4n) is 2.38. The van der Waals surface area contributed by atoms with Crippen LogP contribution in [-0.4, -0.2) is 49.5 Å². The number of ether oxygens (including phenoxy) is 1. The molecule has 0 radical (unpaired) electrons. The number of Topliss-reactive ketones (excluding diaryl/α,β-unsaturated/α-hetero) is 1. The molecule has 1 aliphatic heterocycles. The van der Waals surface area contributed by atoms with Gasteiger partial charge in [-0.3, -0.25) is 9.69 Å². The number of halogens is 1. The number of nitrogens with zero attached hydrogens (tertiary/aromatic N) is 1. The van der Waals surface area contributed by atoms with Crippen LogP contribution in [0.15, 0.2) is 12.1 Å². The Morgan fingerprint density at radius 2 is 2.05 bits per heavy atom. The molecule has 0 aliphatic carbocycles. The molecule has 116 valence electrons. The van der Waals surface area contributed by atoms with Gasteiger partial charge in [0.1, 0.15) is 5.75 Å². The predicted octanol–water partition coefficient (Wildman–Crippen LogP) is 2.52. The third-order valence-corrected chi connectivity index (χ3v) is 3.91. The maximum Gasteiger partial charge on any atom is 0.180 e. The SMILES string of the molecule is Cc1cc(OC(C)C)c(C(=O)CN2CCNCC2)cc1Cl. The van der Waals surface area contributed by atoms with Crippen molar-refractivity contribution in [3.05, 3.63) is 28.3 Å². The van der Waals surface area contributed by atoms with Gasteiger partial charge in [-0.1, -0.05) is 11.6 Å². The maximum absolute atomic E-state index is 12.6. The number of piperazine rings is 1. The number of hydrogen-bond donors (Lipinski definition) is 1. The zero-order chi connectivity index (χ0) is 15.4. The average molecular weight is 311 g/mol. The van der Waals surface area contributed by atoms with Crippen molar-refractivity contribution in [3.8, 4) is 5.75 Å². The van der Waals surface area contributed by atoms with Gasteiger partial charge in [-0.15, -0.1) is 0 Å². The van der Waals surface area contributed by atoms with Crippen molar-refractivity contribution in [2.45, 2.75) is 26.9 Å². The Bertz CT molecular complexity index is 511. The van der Waals surface area contributed by atoms with Crippen molar-refractivity contribution in [1.82, 2.24) is 10.2 Å². The summed E-state index contributed by atoms with van der Waals surface area (Å²) in [5, 5.41) is 3.89. The van der Waals surface area contributed by atoms with Crippen LogP contribution in [0.1, 0.15) is 29.8 Å². The fourth-order valence-corrected chi connectivity index (χ4v) is 2.55. The minimum atomic E-state index is 0.0244. The summed E-state index contributed by atoms with van der Waals surface area (Å²) in [5.74, 6) is 0.696. The molecule has 1 fully saturated rings.